The SMILES string of the molecule is COc1ccc(CN(Cc2ccccc2)C(=O)CC(C)C)cc1OCc1nc(CO)cs1. The molecule has 0 unspecified atom stereocenters. The fraction of sp³-hybridized carbons (Fsp3) is 0.360. The highest BCUT2D eigenvalue weighted by Gasteiger charge is 2.17. The summed E-state index contributed by atoms with van der Waals surface area (Å²) in [4.78, 5) is 19.2. The molecule has 6 nitrogen and oxygen atoms in total. The number of thiazole rings is 1. The minimum absolute atomic E-state index is 0.0863. The number of carbonyl (C=O) groups is 1. The molecule has 170 valence electrons. The fourth-order valence-electron chi connectivity index (χ4n) is 3.29. The van der Waals surface area contributed by atoms with Crippen molar-refractivity contribution in [1.29, 1.82) is 0 Å². The standard InChI is InChI=1S/C25H30N2O4S/c1-18(2)11-25(29)27(13-19-7-5-4-6-8-19)14-20-9-10-22(30-3)23(12-20)31-16-24-26-21(15-28)17-32-24/h4-10,12,17-18,28H,11,13-16H2,1-3H3. The summed E-state index contributed by atoms with van der Waals surface area (Å²) < 4.78 is 11.4. The lowest BCUT2D eigenvalue weighted by atomic mass is 10.1. The molecule has 3 aromatic rings. The highest BCUT2D eigenvalue weighted by atomic mass is 32.1. The molecule has 0 aliphatic heterocycles. The normalized spacial score (nSPS) is 10.9. The molecule has 0 saturated heterocycles. The largest absolute Gasteiger partial charge is 0.493 e. The van der Waals surface area contributed by atoms with Gasteiger partial charge in [0.05, 0.1) is 19.4 Å². The van der Waals surface area contributed by atoms with Gasteiger partial charge in [0.2, 0.25) is 5.91 Å². The van der Waals surface area contributed by atoms with Gasteiger partial charge in [-0.2, -0.15) is 0 Å². The molecule has 7 heteroatoms. The van der Waals surface area contributed by atoms with Crippen molar-refractivity contribution in [2.24, 2.45) is 5.92 Å². The van der Waals surface area contributed by atoms with Crippen molar-refractivity contribution in [3.63, 3.8) is 0 Å². The van der Waals surface area contributed by atoms with Crippen molar-refractivity contribution in [1.82, 2.24) is 9.88 Å². The number of nitrogens with zero attached hydrogens (tertiary/aromatic N) is 2. The molecule has 1 heterocycles. The third-order valence-corrected chi connectivity index (χ3v) is 5.74. The Labute approximate surface area is 193 Å². The number of ether oxygens (including phenoxy) is 2. The van der Waals surface area contributed by atoms with Gasteiger partial charge in [-0.1, -0.05) is 50.2 Å². The monoisotopic (exact) mass is 454 g/mol. The first-order chi connectivity index (χ1) is 15.5. The number of hydrogen-bond acceptors (Lipinski definition) is 6. The third kappa shape index (κ3) is 6.80. The summed E-state index contributed by atoms with van der Waals surface area (Å²) in [5.41, 5.74) is 2.69. The van der Waals surface area contributed by atoms with E-state index in [2.05, 4.69) is 18.8 Å². The van der Waals surface area contributed by atoms with Crippen LogP contribution in [0.5, 0.6) is 11.5 Å². The van der Waals surface area contributed by atoms with Crippen LogP contribution in [0.4, 0.5) is 0 Å². The Bertz CT molecular complexity index is 1000. The topological polar surface area (TPSA) is 71.9 Å². The fourth-order valence-corrected chi connectivity index (χ4v) is 3.99. The molecule has 1 amide bonds. The first-order valence-electron chi connectivity index (χ1n) is 10.6. The number of aromatic nitrogens is 1. The minimum atomic E-state index is -0.0863. The predicted molar refractivity (Wildman–Crippen MR) is 126 cm³/mol. The van der Waals surface area contributed by atoms with E-state index in [0.29, 0.717) is 36.7 Å². The average molecular weight is 455 g/mol. The van der Waals surface area contributed by atoms with Gasteiger partial charge in [-0.3, -0.25) is 4.79 Å². The Morgan fingerprint density at radius 3 is 2.50 bits per heavy atom. The molecule has 0 atom stereocenters. The van der Waals surface area contributed by atoms with Crippen LogP contribution in [-0.2, 0) is 31.1 Å². The lowest BCUT2D eigenvalue weighted by molar-refractivity contribution is -0.133. The van der Waals surface area contributed by atoms with E-state index in [1.165, 1.54) is 11.3 Å². The van der Waals surface area contributed by atoms with Gasteiger partial charge in [-0.15, -0.1) is 11.3 Å². The zero-order valence-corrected chi connectivity index (χ0v) is 19.6. The van der Waals surface area contributed by atoms with Gasteiger partial charge >= 0.3 is 0 Å². The Kier molecular flexibility index (Phi) is 8.64. The van der Waals surface area contributed by atoms with Gasteiger partial charge in [0.15, 0.2) is 11.5 Å². The Hall–Kier alpha value is -2.90. The summed E-state index contributed by atoms with van der Waals surface area (Å²) in [6, 6.07) is 15.8. The Morgan fingerprint density at radius 2 is 1.84 bits per heavy atom. The molecule has 0 aliphatic carbocycles. The average Bonchev–Trinajstić information content (AvgIpc) is 3.26. The summed E-state index contributed by atoms with van der Waals surface area (Å²) in [5.74, 6) is 1.64. The second-order valence-electron chi connectivity index (χ2n) is 8.00. The van der Waals surface area contributed by atoms with E-state index in [4.69, 9.17) is 9.47 Å². The van der Waals surface area contributed by atoms with Crippen molar-refractivity contribution >= 4 is 17.2 Å². The maximum Gasteiger partial charge on any atom is 0.223 e. The summed E-state index contributed by atoms with van der Waals surface area (Å²) in [7, 11) is 1.60. The van der Waals surface area contributed by atoms with Crippen LogP contribution in [0.3, 0.4) is 0 Å². The van der Waals surface area contributed by atoms with E-state index in [9.17, 15) is 9.90 Å². The second-order valence-corrected chi connectivity index (χ2v) is 8.94. The molecule has 32 heavy (non-hydrogen) atoms. The smallest absolute Gasteiger partial charge is 0.223 e. The highest BCUT2D eigenvalue weighted by molar-refractivity contribution is 7.09. The van der Waals surface area contributed by atoms with Gasteiger partial charge in [-0.25, -0.2) is 4.98 Å². The molecule has 0 aliphatic rings. The molecule has 0 bridgehead atoms. The number of benzene rings is 2. The van der Waals surface area contributed by atoms with Crippen LogP contribution in [0.1, 0.15) is 42.1 Å². The third-order valence-electron chi connectivity index (χ3n) is 4.87. The molecule has 0 spiro atoms. The van der Waals surface area contributed by atoms with Crippen LogP contribution < -0.4 is 9.47 Å². The van der Waals surface area contributed by atoms with Gasteiger partial charge in [0, 0.05) is 24.9 Å². The van der Waals surface area contributed by atoms with Crippen LogP contribution in [0.25, 0.3) is 0 Å². The lowest BCUT2D eigenvalue weighted by Crippen LogP contribution is -2.30. The van der Waals surface area contributed by atoms with Crippen molar-refractivity contribution in [3.05, 3.63) is 75.7 Å². The van der Waals surface area contributed by atoms with Crippen molar-refractivity contribution < 1.29 is 19.4 Å². The van der Waals surface area contributed by atoms with Crippen LogP contribution in [0, 0.1) is 5.92 Å². The van der Waals surface area contributed by atoms with Crippen LogP contribution in [0.2, 0.25) is 0 Å². The van der Waals surface area contributed by atoms with Gasteiger partial charge < -0.3 is 19.5 Å². The zero-order chi connectivity index (χ0) is 22.9. The van der Waals surface area contributed by atoms with E-state index in [-0.39, 0.29) is 25.0 Å². The van der Waals surface area contributed by atoms with Crippen LogP contribution in [0.15, 0.2) is 53.9 Å². The molecular formula is C25H30N2O4S. The first-order valence-corrected chi connectivity index (χ1v) is 11.5. The molecule has 0 radical (unpaired) electrons. The van der Waals surface area contributed by atoms with Gasteiger partial charge in [0.25, 0.3) is 0 Å². The zero-order valence-electron chi connectivity index (χ0n) is 18.8. The van der Waals surface area contributed by atoms with Gasteiger partial charge in [-0.05, 0) is 29.2 Å². The Balaban J connectivity index is 1.77. The van der Waals surface area contributed by atoms with E-state index in [1.54, 1.807) is 7.11 Å². The summed E-state index contributed by atoms with van der Waals surface area (Å²) in [6.07, 6.45) is 0.504. The summed E-state index contributed by atoms with van der Waals surface area (Å²) in [5, 5.41) is 11.8. The molecule has 1 aromatic heterocycles. The number of amides is 1. The number of methoxy groups -OCH3 is 1. The lowest BCUT2D eigenvalue weighted by Gasteiger charge is -2.24. The Morgan fingerprint density at radius 1 is 1.09 bits per heavy atom. The molecule has 1 N–H and O–H groups in total. The van der Waals surface area contributed by atoms with E-state index < -0.39 is 0 Å². The summed E-state index contributed by atoms with van der Waals surface area (Å²) >= 11 is 1.44. The quantitative estimate of drug-likeness (QED) is 0.451. The minimum Gasteiger partial charge on any atom is -0.493 e. The molecule has 0 fully saturated rings. The molecular weight excluding hydrogens is 424 g/mol. The van der Waals surface area contributed by atoms with Crippen molar-refractivity contribution in [2.45, 2.75) is 46.6 Å². The maximum atomic E-state index is 13.0. The van der Waals surface area contributed by atoms with Gasteiger partial charge in [0.1, 0.15) is 11.6 Å². The maximum absolute atomic E-state index is 13.0. The number of hydrogen-bond donors (Lipinski definition) is 1. The molecule has 0 saturated carbocycles. The van der Waals surface area contributed by atoms with E-state index >= 15 is 0 Å². The van der Waals surface area contributed by atoms with Crippen molar-refractivity contribution in [2.75, 3.05) is 7.11 Å². The van der Waals surface area contributed by atoms with E-state index in [1.807, 2.05) is 58.8 Å². The number of carbonyl (C=O) groups excluding carboxylic acids is 1. The summed E-state index contributed by atoms with van der Waals surface area (Å²) in [6.45, 7) is 5.34. The first kappa shape index (κ1) is 23.8. The van der Waals surface area contributed by atoms with Crippen LogP contribution in [-0.4, -0.2) is 28.0 Å². The second kappa shape index (κ2) is 11.6. The van der Waals surface area contributed by atoms with E-state index in [0.717, 1.165) is 16.1 Å². The predicted octanol–water partition coefficient (Wildman–Crippen LogP) is 4.80. The number of rotatable bonds is 11. The highest BCUT2D eigenvalue weighted by Crippen LogP contribution is 2.30. The number of aliphatic hydroxyl groups excluding tert-OH is 1. The number of aliphatic hydroxyl groups is 1. The molecule has 3 rings (SSSR count). The van der Waals surface area contributed by atoms with Crippen molar-refractivity contribution in [3.8, 4) is 11.5 Å². The van der Waals surface area contributed by atoms with Crippen LogP contribution >= 0.6 is 11.3 Å². The molecule has 2 aromatic carbocycles.